The second-order valence-electron chi connectivity index (χ2n) is 4.97. The minimum absolute atomic E-state index is 0.219. The maximum Gasteiger partial charge on any atom is 0.175 e. The van der Waals surface area contributed by atoms with Crippen molar-refractivity contribution in [2.75, 3.05) is 11.9 Å². The van der Waals surface area contributed by atoms with Crippen LogP contribution >= 0.6 is 12.2 Å². The molecule has 0 saturated carbocycles. The highest BCUT2D eigenvalue weighted by atomic mass is 32.1. The van der Waals surface area contributed by atoms with E-state index in [-0.39, 0.29) is 6.61 Å². The summed E-state index contributed by atoms with van der Waals surface area (Å²) < 4.78 is 5.43. The van der Waals surface area contributed by atoms with Crippen LogP contribution in [0.3, 0.4) is 0 Å². The smallest absolute Gasteiger partial charge is 0.175 e. The molecule has 0 radical (unpaired) electrons. The number of hydrogen-bond donors (Lipinski definition) is 4. The van der Waals surface area contributed by atoms with Crippen LogP contribution in [-0.2, 0) is 4.74 Å². The molecule has 2 aliphatic rings. The highest BCUT2D eigenvalue weighted by molar-refractivity contribution is 7.80. The van der Waals surface area contributed by atoms with E-state index in [1.807, 2.05) is 30.3 Å². The molecule has 0 aliphatic carbocycles. The largest absolute Gasteiger partial charge is 0.388 e. The lowest BCUT2D eigenvalue weighted by atomic mass is 9.95. The first-order chi connectivity index (χ1) is 9.59. The number of thiocarbonyl (C=S) groups is 1. The van der Waals surface area contributed by atoms with Crippen LogP contribution in [0.4, 0.5) is 5.69 Å². The summed E-state index contributed by atoms with van der Waals surface area (Å²) in [5.41, 5.74) is 0.812. The van der Waals surface area contributed by atoms with Crippen LogP contribution in [0.15, 0.2) is 30.3 Å². The molecule has 1 unspecified atom stereocenters. The van der Waals surface area contributed by atoms with Crippen molar-refractivity contribution in [3.8, 4) is 0 Å². The van der Waals surface area contributed by atoms with Crippen molar-refractivity contribution in [1.82, 2.24) is 4.90 Å². The van der Waals surface area contributed by atoms with E-state index in [1.165, 1.54) is 0 Å². The summed E-state index contributed by atoms with van der Waals surface area (Å²) in [5, 5.41) is 33.1. The van der Waals surface area contributed by atoms with E-state index in [1.54, 1.807) is 4.90 Å². The van der Waals surface area contributed by atoms with Crippen LogP contribution < -0.4 is 5.32 Å². The Labute approximate surface area is 121 Å². The summed E-state index contributed by atoms with van der Waals surface area (Å²) in [6.07, 6.45) is -4.25. The van der Waals surface area contributed by atoms with Gasteiger partial charge in [-0.05, 0) is 24.4 Å². The average Bonchev–Trinajstić information content (AvgIpc) is 2.86. The van der Waals surface area contributed by atoms with Gasteiger partial charge in [0.1, 0.15) is 18.3 Å². The summed E-state index contributed by atoms with van der Waals surface area (Å²) in [7, 11) is 0. The topological polar surface area (TPSA) is 85.2 Å². The van der Waals surface area contributed by atoms with Gasteiger partial charge in [0, 0.05) is 5.69 Å². The first-order valence-corrected chi connectivity index (χ1v) is 6.80. The van der Waals surface area contributed by atoms with Crippen molar-refractivity contribution in [2.24, 2.45) is 0 Å². The summed E-state index contributed by atoms with van der Waals surface area (Å²) in [6, 6.07) is 8.91. The van der Waals surface area contributed by atoms with E-state index in [2.05, 4.69) is 5.32 Å². The summed E-state index contributed by atoms with van der Waals surface area (Å²) in [4.78, 5) is 1.62. The number of hydrogen-bond acceptors (Lipinski definition) is 5. The van der Waals surface area contributed by atoms with E-state index in [0.29, 0.717) is 5.11 Å². The van der Waals surface area contributed by atoms with Gasteiger partial charge >= 0.3 is 0 Å². The highest BCUT2D eigenvalue weighted by Crippen LogP contribution is 2.32. The molecule has 20 heavy (non-hydrogen) atoms. The predicted octanol–water partition coefficient (Wildman–Crippen LogP) is -0.493. The van der Waals surface area contributed by atoms with Gasteiger partial charge in [-0.15, -0.1) is 0 Å². The van der Waals surface area contributed by atoms with Crippen molar-refractivity contribution >= 4 is 23.0 Å². The molecule has 2 bridgehead atoms. The van der Waals surface area contributed by atoms with Crippen LogP contribution in [-0.4, -0.2) is 62.5 Å². The van der Waals surface area contributed by atoms with Gasteiger partial charge in [0.05, 0.1) is 12.6 Å². The second-order valence-corrected chi connectivity index (χ2v) is 5.35. The SMILES string of the molecule is O[C@@H]1[C@@H](O)[C@@H](O)C2OC[C@H]1N2C(=S)Nc1ccccc1. The molecule has 4 N–H and O–H groups in total. The van der Waals surface area contributed by atoms with Gasteiger partial charge in [-0.25, -0.2) is 0 Å². The molecule has 108 valence electrons. The number of rotatable bonds is 1. The summed E-state index contributed by atoms with van der Waals surface area (Å²) >= 11 is 5.33. The lowest BCUT2D eigenvalue weighted by Gasteiger charge is -2.42. The van der Waals surface area contributed by atoms with Crippen molar-refractivity contribution in [2.45, 2.75) is 30.6 Å². The number of anilines is 1. The van der Waals surface area contributed by atoms with Crippen LogP contribution in [0.2, 0.25) is 0 Å². The van der Waals surface area contributed by atoms with Crippen LogP contribution in [0.25, 0.3) is 0 Å². The standard InChI is InChI=1S/C13H16N2O4S/c16-9-8-6-19-12(11(18)10(9)17)15(8)13(20)14-7-4-2-1-3-5-7/h1-5,8-12,16-18H,6H2,(H,14,20)/t8-,9+,10-,11-,12?/m1/s1. The molecule has 2 saturated heterocycles. The Morgan fingerprint density at radius 3 is 2.55 bits per heavy atom. The van der Waals surface area contributed by atoms with Crippen LogP contribution in [0, 0.1) is 0 Å². The lowest BCUT2D eigenvalue weighted by Crippen LogP contribution is -2.64. The molecule has 6 nitrogen and oxygen atoms in total. The zero-order valence-corrected chi connectivity index (χ0v) is 11.4. The molecule has 3 rings (SSSR count). The van der Waals surface area contributed by atoms with Gasteiger partial charge in [-0.2, -0.15) is 0 Å². The highest BCUT2D eigenvalue weighted by Gasteiger charge is 2.53. The number of nitrogens with one attached hydrogen (secondary N) is 1. The number of aliphatic hydroxyl groups excluding tert-OH is 3. The number of benzene rings is 1. The molecular weight excluding hydrogens is 280 g/mol. The number of para-hydroxylation sites is 1. The van der Waals surface area contributed by atoms with Gasteiger partial charge in [0.25, 0.3) is 0 Å². The Bertz CT molecular complexity index is 482. The number of piperidine rings is 1. The van der Waals surface area contributed by atoms with Gasteiger partial charge in [-0.1, -0.05) is 18.2 Å². The fourth-order valence-corrected chi connectivity index (χ4v) is 3.00. The molecule has 1 aromatic rings. The summed E-state index contributed by atoms with van der Waals surface area (Å²) in [6.45, 7) is 0.219. The van der Waals surface area contributed by atoms with Crippen molar-refractivity contribution in [3.63, 3.8) is 0 Å². The monoisotopic (exact) mass is 296 g/mol. The molecular formula is C13H16N2O4S. The number of nitrogens with zero attached hydrogens (tertiary/aromatic N) is 1. The number of aliphatic hydroxyl groups is 3. The molecule has 0 amide bonds. The van der Waals surface area contributed by atoms with Crippen LogP contribution in [0.5, 0.6) is 0 Å². The number of ether oxygens (including phenoxy) is 1. The van der Waals surface area contributed by atoms with E-state index in [9.17, 15) is 15.3 Å². The van der Waals surface area contributed by atoms with Gasteiger partial charge in [0.2, 0.25) is 0 Å². The van der Waals surface area contributed by atoms with E-state index < -0.39 is 30.6 Å². The molecule has 2 aliphatic heterocycles. The molecule has 2 heterocycles. The number of fused-ring (bicyclic) bond motifs is 2. The third kappa shape index (κ3) is 2.17. The van der Waals surface area contributed by atoms with Gasteiger partial charge < -0.3 is 30.3 Å². The molecule has 0 aromatic heterocycles. The quantitative estimate of drug-likeness (QED) is 0.520. The Balaban J connectivity index is 1.78. The maximum atomic E-state index is 10.0. The third-order valence-corrected chi connectivity index (χ3v) is 4.03. The van der Waals surface area contributed by atoms with Gasteiger partial charge in [0.15, 0.2) is 11.3 Å². The molecule has 7 heteroatoms. The minimum atomic E-state index is -1.22. The second kappa shape index (κ2) is 5.27. The molecule has 5 atom stereocenters. The molecule has 0 spiro atoms. The van der Waals surface area contributed by atoms with Crippen LogP contribution in [0.1, 0.15) is 0 Å². The van der Waals surface area contributed by atoms with E-state index in [0.717, 1.165) is 5.69 Å². The zero-order chi connectivity index (χ0) is 14.3. The Hall–Kier alpha value is -1.25. The van der Waals surface area contributed by atoms with E-state index in [4.69, 9.17) is 17.0 Å². The summed E-state index contributed by atoms with van der Waals surface area (Å²) in [5.74, 6) is 0. The fourth-order valence-electron chi connectivity index (χ4n) is 2.65. The third-order valence-electron chi connectivity index (χ3n) is 3.71. The fraction of sp³-hybridized carbons (Fsp3) is 0.462. The molecule has 1 aromatic carbocycles. The molecule has 2 fully saturated rings. The minimum Gasteiger partial charge on any atom is -0.388 e. The Morgan fingerprint density at radius 1 is 1.15 bits per heavy atom. The van der Waals surface area contributed by atoms with Crippen molar-refractivity contribution in [3.05, 3.63) is 30.3 Å². The van der Waals surface area contributed by atoms with E-state index >= 15 is 0 Å². The van der Waals surface area contributed by atoms with Crippen molar-refractivity contribution in [1.29, 1.82) is 0 Å². The Kier molecular flexibility index (Phi) is 3.61. The zero-order valence-electron chi connectivity index (χ0n) is 10.6. The van der Waals surface area contributed by atoms with Crippen molar-refractivity contribution < 1.29 is 20.1 Å². The maximum absolute atomic E-state index is 10.0. The first kappa shape index (κ1) is 13.7. The predicted molar refractivity (Wildman–Crippen MR) is 76.1 cm³/mol. The van der Waals surface area contributed by atoms with Gasteiger partial charge in [-0.3, -0.25) is 0 Å². The average molecular weight is 296 g/mol. The lowest BCUT2D eigenvalue weighted by molar-refractivity contribution is -0.154. The normalized spacial score (nSPS) is 36.0. The Morgan fingerprint density at radius 2 is 1.85 bits per heavy atom. The first-order valence-electron chi connectivity index (χ1n) is 6.40.